The van der Waals surface area contributed by atoms with Crippen LogP contribution in [0.4, 0.5) is 11.8 Å². The van der Waals surface area contributed by atoms with Crippen molar-refractivity contribution in [2.24, 2.45) is 0 Å². The van der Waals surface area contributed by atoms with Crippen molar-refractivity contribution in [2.75, 3.05) is 23.7 Å². The monoisotopic (exact) mass is 318 g/mol. The number of halogens is 1. The summed E-state index contributed by atoms with van der Waals surface area (Å²) in [6.45, 7) is 3.93. The highest BCUT2D eigenvalue weighted by Gasteiger charge is 1.99. The molecule has 0 atom stereocenters. The smallest absolute Gasteiger partial charge is 0.224 e. The van der Waals surface area contributed by atoms with Crippen molar-refractivity contribution in [3.63, 3.8) is 0 Å². The molecule has 0 radical (unpaired) electrons. The Morgan fingerprint density at radius 3 is 2.82 bits per heavy atom. The number of benzene rings is 1. The summed E-state index contributed by atoms with van der Waals surface area (Å²) in [7, 11) is 0. The van der Waals surface area contributed by atoms with Crippen molar-refractivity contribution in [1.82, 2.24) is 9.97 Å². The molecule has 0 amide bonds. The molecule has 4 nitrogen and oxygen atoms in total. The van der Waals surface area contributed by atoms with Gasteiger partial charge in [0, 0.05) is 24.3 Å². The molecule has 2 rings (SSSR count). The predicted octanol–water partition coefficient (Wildman–Crippen LogP) is 4.39. The van der Waals surface area contributed by atoms with E-state index in [0.717, 1.165) is 36.8 Å². The molecule has 0 aliphatic rings. The minimum Gasteiger partial charge on any atom is -0.370 e. The zero-order valence-corrected chi connectivity index (χ0v) is 13.7. The lowest BCUT2D eigenvalue weighted by Crippen LogP contribution is -2.10. The van der Waals surface area contributed by atoms with Crippen LogP contribution in [-0.2, 0) is 6.42 Å². The van der Waals surface area contributed by atoms with Gasteiger partial charge in [-0.3, -0.25) is 0 Å². The van der Waals surface area contributed by atoms with Crippen molar-refractivity contribution in [2.45, 2.75) is 32.6 Å². The average molecular weight is 319 g/mol. The second-order valence-corrected chi connectivity index (χ2v) is 5.64. The van der Waals surface area contributed by atoms with Gasteiger partial charge < -0.3 is 10.6 Å². The molecule has 0 spiro atoms. The summed E-state index contributed by atoms with van der Waals surface area (Å²) in [5, 5.41) is 7.35. The molecule has 0 saturated heterocycles. The Bertz CT molecular complexity index is 574. The fourth-order valence-electron chi connectivity index (χ4n) is 2.14. The van der Waals surface area contributed by atoms with Crippen LogP contribution >= 0.6 is 11.6 Å². The van der Waals surface area contributed by atoms with Gasteiger partial charge in [-0.05, 0) is 36.6 Å². The molecule has 2 aromatic rings. The molecule has 0 fully saturated rings. The first-order chi connectivity index (χ1) is 10.8. The minimum absolute atomic E-state index is 0.655. The number of hydrogen-bond acceptors (Lipinski definition) is 4. The van der Waals surface area contributed by atoms with Gasteiger partial charge >= 0.3 is 0 Å². The average Bonchev–Trinajstić information content (AvgIpc) is 2.52. The Hall–Kier alpha value is -1.81. The van der Waals surface area contributed by atoms with E-state index in [9.17, 15) is 0 Å². The molecule has 1 aromatic heterocycles. The molecule has 1 aromatic carbocycles. The normalized spacial score (nSPS) is 10.5. The van der Waals surface area contributed by atoms with E-state index in [1.54, 1.807) is 6.20 Å². The fraction of sp³-hybridized carbons (Fsp3) is 0.412. The van der Waals surface area contributed by atoms with Gasteiger partial charge in [-0.25, -0.2) is 4.98 Å². The topological polar surface area (TPSA) is 49.8 Å². The van der Waals surface area contributed by atoms with E-state index in [1.807, 2.05) is 24.3 Å². The lowest BCUT2D eigenvalue weighted by molar-refractivity contribution is 0.742. The lowest BCUT2D eigenvalue weighted by Gasteiger charge is -2.08. The second-order valence-electron chi connectivity index (χ2n) is 5.21. The molecule has 2 N–H and O–H groups in total. The third kappa shape index (κ3) is 5.90. The Balaban J connectivity index is 1.77. The molecule has 0 aliphatic heterocycles. The molecule has 1 heterocycles. The maximum Gasteiger partial charge on any atom is 0.224 e. The number of nitrogens with one attached hydrogen (secondary N) is 2. The SMILES string of the molecule is CCCCCNc1ccnc(NCCc2cccc(Cl)c2)n1. The van der Waals surface area contributed by atoms with E-state index in [2.05, 4.69) is 33.6 Å². The van der Waals surface area contributed by atoms with Crippen LogP contribution in [-0.4, -0.2) is 23.1 Å². The lowest BCUT2D eigenvalue weighted by atomic mass is 10.1. The predicted molar refractivity (Wildman–Crippen MR) is 93.7 cm³/mol. The number of hydrogen-bond donors (Lipinski definition) is 2. The van der Waals surface area contributed by atoms with E-state index in [-0.39, 0.29) is 0 Å². The molecule has 0 unspecified atom stereocenters. The summed E-state index contributed by atoms with van der Waals surface area (Å²) in [4.78, 5) is 8.70. The van der Waals surface area contributed by atoms with Gasteiger partial charge in [-0.1, -0.05) is 43.5 Å². The van der Waals surface area contributed by atoms with Crippen molar-refractivity contribution >= 4 is 23.4 Å². The van der Waals surface area contributed by atoms with Gasteiger partial charge in [-0.15, -0.1) is 0 Å². The molecule has 118 valence electrons. The highest BCUT2D eigenvalue weighted by molar-refractivity contribution is 6.30. The Morgan fingerprint density at radius 2 is 2.00 bits per heavy atom. The Morgan fingerprint density at radius 1 is 1.09 bits per heavy atom. The first-order valence-electron chi connectivity index (χ1n) is 7.83. The van der Waals surface area contributed by atoms with Crippen LogP contribution in [0.2, 0.25) is 5.02 Å². The maximum absolute atomic E-state index is 5.98. The quantitative estimate of drug-likeness (QED) is 0.673. The van der Waals surface area contributed by atoms with Gasteiger partial charge in [0.25, 0.3) is 0 Å². The highest BCUT2D eigenvalue weighted by Crippen LogP contribution is 2.11. The zero-order valence-electron chi connectivity index (χ0n) is 13.0. The van der Waals surface area contributed by atoms with E-state index >= 15 is 0 Å². The standard InChI is InChI=1S/C17H23ClN4/c1-2-3-4-10-19-16-9-12-21-17(22-16)20-11-8-14-6-5-7-15(18)13-14/h5-7,9,12-13H,2-4,8,10-11H2,1H3,(H2,19,20,21,22). The van der Waals surface area contributed by atoms with E-state index < -0.39 is 0 Å². The van der Waals surface area contributed by atoms with Crippen molar-refractivity contribution in [3.8, 4) is 0 Å². The van der Waals surface area contributed by atoms with Gasteiger partial charge in [0.15, 0.2) is 0 Å². The first kappa shape index (κ1) is 16.6. The number of aromatic nitrogens is 2. The molecular weight excluding hydrogens is 296 g/mol. The molecule has 0 aliphatic carbocycles. The number of anilines is 2. The van der Waals surface area contributed by atoms with Gasteiger partial charge in [-0.2, -0.15) is 4.98 Å². The third-order valence-electron chi connectivity index (χ3n) is 3.33. The molecule has 0 bridgehead atoms. The molecular formula is C17H23ClN4. The van der Waals surface area contributed by atoms with Crippen LogP contribution in [0.5, 0.6) is 0 Å². The minimum atomic E-state index is 0.655. The van der Waals surface area contributed by atoms with Crippen LogP contribution in [0, 0.1) is 0 Å². The highest BCUT2D eigenvalue weighted by atomic mass is 35.5. The van der Waals surface area contributed by atoms with Gasteiger partial charge in [0.05, 0.1) is 0 Å². The van der Waals surface area contributed by atoms with Crippen LogP contribution in [0.1, 0.15) is 31.7 Å². The summed E-state index contributed by atoms with van der Waals surface area (Å²) >= 11 is 5.98. The Labute approximate surface area is 137 Å². The van der Waals surface area contributed by atoms with Gasteiger partial charge in [0.1, 0.15) is 5.82 Å². The first-order valence-corrected chi connectivity index (χ1v) is 8.21. The van der Waals surface area contributed by atoms with E-state index in [0.29, 0.717) is 5.95 Å². The van der Waals surface area contributed by atoms with Crippen molar-refractivity contribution < 1.29 is 0 Å². The Kier molecular flexibility index (Phi) is 6.97. The number of rotatable bonds is 9. The molecule has 22 heavy (non-hydrogen) atoms. The van der Waals surface area contributed by atoms with Crippen LogP contribution in [0.3, 0.4) is 0 Å². The van der Waals surface area contributed by atoms with Crippen LogP contribution < -0.4 is 10.6 Å². The summed E-state index contributed by atoms with van der Waals surface area (Å²) in [5.41, 5.74) is 1.20. The summed E-state index contributed by atoms with van der Waals surface area (Å²) in [5.74, 6) is 1.53. The van der Waals surface area contributed by atoms with Gasteiger partial charge in [0.2, 0.25) is 5.95 Å². The number of unbranched alkanes of at least 4 members (excludes halogenated alkanes) is 2. The summed E-state index contributed by atoms with van der Waals surface area (Å²) in [6.07, 6.45) is 6.29. The maximum atomic E-state index is 5.98. The number of nitrogens with zero attached hydrogens (tertiary/aromatic N) is 2. The molecule has 0 saturated carbocycles. The van der Waals surface area contributed by atoms with E-state index in [4.69, 9.17) is 11.6 Å². The zero-order chi connectivity index (χ0) is 15.6. The second kappa shape index (κ2) is 9.26. The van der Waals surface area contributed by atoms with Crippen LogP contribution in [0.25, 0.3) is 0 Å². The van der Waals surface area contributed by atoms with E-state index in [1.165, 1.54) is 18.4 Å². The summed E-state index contributed by atoms with van der Waals surface area (Å²) < 4.78 is 0. The fourth-order valence-corrected chi connectivity index (χ4v) is 2.36. The third-order valence-corrected chi connectivity index (χ3v) is 3.56. The van der Waals surface area contributed by atoms with Crippen molar-refractivity contribution in [1.29, 1.82) is 0 Å². The largest absolute Gasteiger partial charge is 0.370 e. The molecule has 5 heteroatoms. The van der Waals surface area contributed by atoms with Crippen LogP contribution in [0.15, 0.2) is 36.5 Å². The summed E-state index contributed by atoms with van der Waals surface area (Å²) in [6, 6.07) is 9.80. The van der Waals surface area contributed by atoms with Crippen molar-refractivity contribution in [3.05, 3.63) is 47.1 Å².